The van der Waals surface area contributed by atoms with Crippen molar-refractivity contribution in [3.05, 3.63) is 34.4 Å². The summed E-state index contributed by atoms with van der Waals surface area (Å²) in [5, 5.41) is 12.0. The van der Waals surface area contributed by atoms with E-state index in [1.165, 1.54) is 5.56 Å². The van der Waals surface area contributed by atoms with E-state index in [0.29, 0.717) is 18.0 Å². The van der Waals surface area contributed by atoms with Crippen LogP contribution in [0, 0.1) is 13.8 Å². The molecular formula is C15H22ClN5O. The van der Waals surface area contributed by atoms with Crippen molar-refractivity contribution in [2.24, 2.45) is 7.05 Å². The van der Waals surface area contributed by atoms with E-state index in [2.05, 4.69) is 15.5 Å². The number of aryl methyl sites for hydroxylation is 3. The largest absolute Gasteiger partial charge is 0.356 e. The number of rotatable bonds is 7. The topological polar surface area (TPSA) is 64.7 Å². The van der Waals surface area contributed by atoms with Gasteiger partial charge in [-0.05, 0) is 32.3 Å². The molecule has 2 heterocycles. The summed E-state index contributed by atoms with van der Waals surface area (Å²) in [4.78, 5) is 11.9. The van der Waals surface area contributed by atoms with Crippen molar-refractivity contribution in [2.45, 2.75) is 39.7 Å². The van der Waals surface area contributed by atoms with Crippen LogP contribution in [0.15, 0.2) is 12.4 Å². The smallest absolute Gasteiger partial charge is 0.220 e. The minimum absolute atomic E-state index is 0.0705. The Morgan fingerprint density at radius 3 is 2.77 bits per heavy atom. The highest BCUT2D eigenvalue weighted by Crippen LogP contribution is 2.13. The summed E-state index contributed by atoms with van der Waals surface area (Å²) in [6.07, 6.45) is 5.43. The van der Waals surface area contributed by atoms with E-state index >= 15 is 0 Å². The third kappa shape index (κ3) is 4.34. The van der Waals surface area contributed by atoms with Crippen molar-refractivity contribution >= 4 is 17.5 Å². The van der Waals surface area contributed by atoms with Crippen molar-refractivity contribution in [3.8, 4) is 0 Å². The fourth-order valence-corrected chi connectivity index (χ4v) is 2.59. The lowest BCUT2D eigenvalue weighted by Crippen LogP contribution is -2.25. The third-order valence-corrected chi connectivity index (χ3v) is 3.94. The van der Waals surface area contributed by atoms with Crippen LogP contribution in [0.25, 0.3) is 0 Å². The fraction of sp³-hybridized carbons (Fsp3) is 0.533. The summed E-state index contributed by atoms with van der Waals surface area (Å²) >= 11 is 5.79. The van der Waals surface area contributed by atoms with Gasteiger partial charge in [0.25, 0.3) is 0 Å². The van der Waals surface area contributed by atoms with Gasteiger partial charge in [-0.1, -0.05) is 11.6 Å². The lowest BCUT2D eigenvalue weighted by Gasteiger charge is -2.06. The van der Waals surface area contributed by atoms with Crippen LogP contribution in [0.2, 0.25) is 5.02 Å². The molecule has 0 atom stereocenters. The van der Waals surface area contributed by atoms with Gasteiger partial charge in [-0.2, -0.15) is 10.2 Å². The van der Waals surface area contributed by atoms with Crippen LogP contribution in [-0.2, 0) is 24.8 Å². The minimum Gasteiger partial charge on any atom is -0.356 e. The molecule has 0 aliphatic heterocycles. The first kappa shape index (κ1) is 16.5. The first-order valence-electron chi connectivity index (χ1n) is 7.41. The zero-order valence-electron chi connectivity index (χ0n) is 13.3. The molecule has 0 aliphatic carbocycles. The Bertz CT molecular complexity index is 646. The predicted octanol–water partition coefficient (Wildman–Crippen LogP) is 2.03. The number of nitrogens with zero attached hydrogens (tertiary/aromatic N) is 4. The highest BCUT2D eigenvalue weighted by molar-refractivity contribution is 6.30. The van der Waals surface area contributed by atoms with Crippen LogP contribution < -0.4 is 5.32 Å². The van der Waals surface area contributed by atoms with Crippen LogP contribution >= 0.6 is 11.6 Å². The Hall–Kier alpha value is -1.82. The molecule has 7 heteroatoms. The van der Waals surface area contributed by atoms with E-state index in [1.807, 2.05) is 25.6 Å². The van der Waals surface area contributed by atoms with Gasteiger partial charge in [0.2, 0.25) is 5.91 Å². The second-order valence-corrected chi connectivity index (χ2v) is 5.83. The predicted molar refractivity (Wildman–Crippen MR) is 85.9 cm³/mol. The lowest BCUT2D eigenvalue weighted by molar-refractivity contribution is -0.121. The zero-order chi connectivity index (χ0) is 16.1. The number of carbonyl (C=O) groups is 1. The molecule has 0 aromatic carbocycles. The molecule has 0 saturated heterocycles. The number of aromatic nitrogens is 4. The Kier molecular flexibility index (Phi) is 5.60. The molecule has 2 aromatic rings. The second-order valence-electron chi connectivity index (χ2n) is 5.40. The molecular weight excluding hydrogens is 302 g/mol. The highest BCUT2D eigenvalue weighted by Gasteiger charge is 2.11. The maximum Gasteiger partial charge on any atom is 0.220 e. The van der Waals surface area contributed by atoms with Crippen LogP contribution in [-0.4, -0.2) is 32.0 Å². The maximum absolute atomic E-state index is 11.9. The fourth-order valence-electron chi connectivity index (χ4n) is 2.44. The second kappa shape index (κ2) is 7.45. The zero-order valence-corrected chi connectivity index (χ0v) is 14.0. The average molecular weight is 324 g/mol. The van der Waals surface area contributed by atoms with E-state index in [9.17, 15) is 4.79 Å². The molecule has 1 amide bonds. The maximum atomic E-state index is 11.9. The van der Waals surface area contributed by atoms with Crippen LogP contribution in [0.4, 0.5) is 0 Å². The molecule has 0 bridgehead atoms. The van der Waals surface area contributed by atoms with E-state index in [1.54, 1.807) is 17.1 Å². The van der Waals surface area contributed by atoms with Gasteiger partial charge in [0.05, 0.1) is 16.9 Å². The number of amides is 1. The third-order valence-electron chi connectivity index (χ3n) is 3.75. The number of hydrogen-bond donors (Lipinski definition) is 1. The summed E-state index contributed by atoms with van der Waals surface area (Å²) in [6.45, 7) is 5.40. The normalized spacial score (nSPS) is 10.9. The Morgan fingerprint density at radius 2 is 2.18 bits per heavy atom. The van der Waals surface area contributed by atoms with Crippen LogP contribution in [0.3, 0.4) is 0 Å². The summed E-state index contributed by atoms with van der Waals surface area (Å²) in [5.74, 6) is 0.0705. The Labute approximate surface area is 135 Å². The summed E-state index contributed by atoms with van der Waals surface area (Å²) < 4.78 is 3.63. The number of carbonyl (C=O) groups excluding carboxylic acids is 1. The highest BCUT2D eigenvalue weighted by atomic mass is 35.5. The molecule has 1 N–H and O–H groups in total. The average Bonchev–Trinajstić information content (AvgIpc) is 2.98. The van der Waals surface area contributed by atoms with Crippen molar-refractivity contribution in [2.75, 3.05) is 6.54 Å². The van der Waals surface area contributed by atoms with Gasteiger partial charge in [-0.3, -0.25) is 14.2 Å². The molecule has 6 nitrogen and oxygen atoms in total. The first-order valence-corrected chi connectivity index (χ1v) is 7.79. The van der Waals surface area contributed by atoms with Gasteiger partial charge >= 0.3 is 0 Å². The number of hydrogen-bond acceptors (Lipinski definition) is 3. The van der Waals surface area contributed by atoms with E-state index < -0.39 is 0 Å². The quantitative estimate of drug-likeness (QED) is 0.793. The monoisotopic (exact) mass is 323 g/mol. The Morgan fingerprint density at radius 1 is 1.41 bits per heavy atom. The van der Waals surface area contributed by atoms with Gasteiger partial charge in [-0.15, -0.1) is 0 Å². The van der Waals surface area contributed by atoms with Gasteiger partial charge in [0.1, 0.15) is 0 Å². The molecule has 0 saturated carbocycles. The van der Waals surface area contributed by atoms with Crippen molar-refractivity contribution in [1.82, 2.24) is 24.9 Å². The van der Waals surface area contributed by atoms with E-state index in [0.717, 1.165) is 30.8 Å². The van der Waals surface area contributed by atoms with Gasteiger partial charge < -0.3 is 5.32 Å². The van der Waals surface area contributed by atoms with Crippen LogP contribution in [0.1, 0.15) is 29.8 Å². The van der Waals surface area contributed by atoms with Crippen molar-refractivity contribution < 1.29 is 4.79 Å². The van der Waals surface area contributed by atoms with Gasteiger partial charge in [0.15, 0.2) is 0 Å². The first-order chi connectivity index (χ1) is 10.5. The summed E-state index contributed by atoms with van der Waals surface area (Å²) in [7, 11) is 1.92. The molecule has 0 spiro atoms. The Balaban J connectivity index is 1.67. The van der Waals surface area contributed by atoms with Gasteiger partial charge in [0, 0.05) is 38.4 Å². The van der Waals surface area contributed by atoms with Gasteiger partial charge in [-0.25, -0.2) is 0 Å². The standard InChI is InChI=1S/C15H22ClN5O/c1-11-14(12(2)20(3)19-11)5-6-15(22)17-7-4-8-21-10-13(16)9-18-21/h9-10H,4-8H2,1-3H3,(H,17,22). The SMILES string of the molecule is Cc1nn(C)c(C)c1CCC(=O)NCCCn1cc(Cl)cn1. The van der Waals surface area contributed by atoms with Crippen LogP contribution in [0.5, 0.6) is 0 Å². The molecule has 120 valence electrons. The molecule has 0 aliphatic rings. The molecule has 2 rings (SSSR count). The molecule has 0 radical (unpaired) electrons. The summed E-state index contributed by atoms with van der Waals surface area (Å²) in [5.41, 5.74) is 3.30. The minimum atomic E-state index is 0.0705. The molecule has 2 aromatic heterocycles. The van der Waals surface area contributed by atoms with E-state index in [4.69, 9.17) is 11.6 Å². The van der Waals surface area contributed by atoms with E-state index in [-0.39, 0.29) is 5.91 Å². The molecule has 0 fully saturated rings. The summed E-state index contributed by atoms with van der Waals surface area (Å²) in [6, 6.07) is 0. The molecule has 22 heavy (non-hydrogen) atoms. The number of halogens is 1. The van der Waals surface area contributed by atoms with Crippen molar-refractivity contribution in [1.29, 1.82) is 0 Å². The molecule has 0 unspecified atom stereocenters. The van der Waals surface area contributed by atoms with Crippen molar-refractivity contribution in [3.63, 3.8) is 0 Å². The number of nitrogens with one attached hydrogen (secondary N) is 1. The lowest BCUT2D eigenvalue weighted by atomic mass is 10.1.